The summed E-state index contributed by atoms with van der Waals surface area (Å²) in [5.41, 5.74) is 0.213. The zero-order valence-corrected chi connectivity index (χ0v) is 9.39. The Bertz CT molecular complexity index is 520. The third-order valence-electron chi connectivity index (χ3n) is 2.01. The number of amides is 1. The van der Waals surface area contributed by atoms with E-state index in [4.69, 9.17) is 4.52 Å². The molecule has 0 atom stereocenters. The van der Waals surface area contributed by atoms with Gasteiger partial charge in [0.15, 0.2) is 5.82 Å². The van der Waals surface area contributed by atoms with Crippen molar-refractivity contribution in [2.45, 2.75) is 6.92 Å². The van der Waals surface area contributed by atoms with E-state index >= 15 is 0 Å². The summed E-state index contributed by atoms with van der Waals surface area (Å²) in [6, 6.07) is 1.62. The van der Waals surface area contributed by atoms with Gasteiger partial charge in [0.1, 0.15) is 17.3 Å². The average molecular weight is 233 g/mol. The van der Waals surface area contributed by atoms with Crippen molar-refractivity contribution in [1.29, 1.82) is 0 Å². The first-order chi connectivity index (χ1) is 8.19. The summed E-state index contributed by atoms with van der Waals surface area (Å²) in [4.78, 5) is 19.7. The van der Waals surface area contributed by atoms with Crippen LogP contribution in [0.5, 0.6) is 0 Å². The minimum atomic E-state index is -0.381. The molecule has 2 heterocycles. The lowest BCUT2D eigenvalue weighted by molar-refractivity contribution is 0.102. The molecule has 0 radical (unpaired) electrons. The molecule has 0 spiro atoms. The molecule has 7 nitrogen and oxygen atoms in total. The quantitative estimate of drug-likeness (QED) is 0.823. The molecular weight excluding hydrogens is 222 g/mol. The maximum Gasteiger partial charge on any atom is 0.277 e. The van der Waals surface area contributed by atoms with Crippen LogP contribution in [-0.4, -0.2) is 28.1 Å². The zero-order valence-electron chi connectivity index (χ0n) is 9.39. The number of hydrogen-bond donors (Lipinski definition) is 2. The molecule has 1 amide bonds. The van der Waals surface area contributed by atoms with E-state index in [9.17, 15) is 4.79 Å². The number of nitrogens with zero attached hydrogens (tertiary/aromatic N) is 3. The fraction of sp³-hybridized carbons (Fsp3) is 0.200. The lowest BCUT2D eigenvalue weighted by Gasteiger charge is -2.01. The van der Waals surface area contributed by atoms with Crippen molar-refractivity contribution in [3.05, 3.63) is 29.9 Å². The summed E-state index contributed by atoms with van der Waals surface area (Å²) in [5, 5.41) is 9.01. The summed E-state index contributed by atoms with van der Waals surface area (Å²) in [5.74, 6) is 1.19. The Hall–Kier alpha value is -2.44. The smallest absolute Gasteiger partial charge is 0.277 e. The molecule has 0 bridgehead atoms. The molecule has 88 valence electrons. The van der Waals surface area contributed by atoms with Gasteiger partial charge < -0.3 is 15.2 Å². The highest BCUT2D eigenvalue weighted by Crippen LogP contribution is 2.08. The van der Waals surface area contributed by atoms with Gasteiger partial charge in [-0.25, -0.2) is 9.97 Å². The molecule has 2 rings (SSSR count). The van der Waals surface area contributed by atoms with E-state index in [1.165, 1.54) is 12.4 Å². The summed E-state index contributed by atoms with van der Waals surface area (Å²) in [6.45, 7) is 1.74. The number of carbonyl (C=O) groups is 1. The summed E-state index contributed by atoms with van der Waals surface area (Å²) in [6.07, 6.45) is 2.86. The van der Waals surface area contributed by atoms with E-state index in [1.807, 2.05) is 0 Å². The molecule has 2 N–H and O–H groups in total. The Morgan fingerprint density at radius 3 is 2.65 bits per heavy atom. The number of anilines is 2. The maximum atomic E-state index is 11.7. The number of carbonyl (C=O) groups excluding carboxylic acids is 1. The predicted octanol–water partition coefficient (Wildman–Crippen LogP) is 1.07. The van der Waals surface area contributed by atoms with Gasteiger partial charge in [-0.1, -0.05) is 5.16 Å². The third kappa shape index (κ3) is 2.57. The van der Waals surface area contributed by atoms with Crippen molar-refractivity contribution in [2.75, 3.05) is 17.7 Å². The van der Waals surface area contributed by atoms with Crippen LogP contribution in [0.15, 0.2) is 23.0 Å². The second-order valence-corrected chi connectivity index (χ2v) is 3.31. The van der Waals surface area contributed by atoms with Gasteiger partial charge >= 0.3 is 0 Å². The summed E-state index contributed by atoms with van der Waals surface area (Å²) >= 11 is 0. The Morgan fingerprint density at radius 2 is 2.12 bits per heavy atom. The maximum absolute atomic E-state index is 11.7. The second-order valence-electron chi connectivity index (χ2n) is 3.31. The van der Waals surface area contributed by atoms with Gasteiger partial charge in [0.05, 0.1) is 12.4 Å². The van der Waals surface area contributed by atoms with Crippen LogP contribution in [0.1, 0.15) is 16.2 Å². The molecular formula is C10H11N5O2. The molecule has 17 heavy (non-hydrogen) atoms. The van der Waals surface area contributed by atoms with Gasteiger partial charge in [0.25, 0.3) is 5.91 Å². The first-order valence-electron chi connectivity index (χ1n) is 4.93. The largest absolute Gasteiger partial charge is 0.372 e. The van der Waals surface area contributed by atoms with Gasteiger partial charge in [0, 0.05) is 13.1 Å². The molecule has 2 aromatic heterocycles. The predicted molar refractivity (Wildman–Crippen MR) is 60.8 cm³/mol. The highest BCUT2D eigenvalue weighted by Gasteiger charge is 2.10. The van der Waals surface area contributed by atoms with E-state index in [0.717, 1.165) is 0 Å². The van der Waals surface area contributed by atoms with Crippen LogP contribution in [-0.2, 0) is 0 Å². The van der Waals surface area contributed by atoms with Crippen molar-refractivity contribution in [3.63, 3.8) is 0 Å². The number of rotatable bonds is 3. The van der Waals surface area contributed by atoms with E-state index in [0.29, 0.717) is 17.4 Å². The fourth-order valence-corrected chi connectivity index (χ4v) is 1.18. The van der Waals surface area contributed by atoms with Crippen LogP contribution in [0.4, 0.5) is 11.6 Å². The third-order valence-corrected chi connectivity index (χ3v) is 2.01. The van der Waals surface area contributed by atoms with Gasteiger partial charge in [-0.05, 0) is 6.92 Å². The molecule has 0 saturated heterocycles. The van der Waals surface area contributed by atoms with Crippen molar-refractivity contribution in [2.24, 2.45) is 0 Å². The van der Waals surface area contributed by atoms with Crippen molar-refractivity contribution in [3.8, 4) is 0 Å². The van der Waals surface area contributed by atoms with E-state index in [1.54, 1.807) is 20.0 Å². The van der Waals surface area contributed by atoms with E-state index in [-0.39, 0.29) is 11.6 Å². The zero-order chi connectivity index (χ0) is 12.3. The van der Waals surface area contributed by atoms with Crippen molar-refractivity contribution in [1.82, 2.24) is 15.1 Å². The average Bonchev–Trinajstić information content (AvgIpc) is 2.75. The van der Waals surface area contributed by atoms with Crippen LogP contribution in [0.25, 0.3) is 0 Å². The Labute approximate surface area is 97.2 Å². The molecule has 0 fully saturated rings. The summed E-state index contributed by atoms with van der Waals surface area (Å²) < 4.78 is 4.83. The molecule has 0 aliphatic rings. The molecule has 2 aromatic rings. The van der Waals surface area contributed by atoms with Crippen molar-refractivity contribution >= 4 is 17.5 Å². The molecule has 0 aromatic carbocycles. The van der Waals surface area contributed by atoms with Gasteiger partial charge in [-0.2, -0.15) is 0 Å². The second kappa shape index (κ2) is 4.60. The molecule has 0 aliphatic carbocycles. The monoisotopic (exact) mass is 233 g/mol. The number of hydrogen-bond acceptors (Lipinski definition) is 6. The SMILES string of the molecule is CNc1cnc(C(=O)Nc2cc(C)on2)cn1. The van der Waals surface area contributed by atoms with Gasteiger partial charge in [-0.15, -0.1) is 0 Å². The lowest BCUT2D eigenvalue weighted by atomic mass is 10.4. The normalized spacial score (nSPS) is 10.0. The first kappa shape index (κ1) is 11.1. The molecule has 0 saturated carbocycles. The lowest BCUT2D eigenvalue weighted by Crippen LogP contribution is -2.14. The van der Waals surface area contributed by atoms with Gasteiger partial charge in [0.2, 0.25) is 0 Å². The highest BCUT2D eigenvalue weighted by atomic mass is 16.5. The fourth-order valence-electron chi connectivity index (χ4n) is 1.18. The number of aromatic nitrogens is 3. The van der Waals surface area contributed by atoms with Crippen LogP contribution < -0.4 is 10.6 Å². The topological polar surface area (TPSA) is 92.9 Å². The van der Waals surface area contributed by atoms with Crippen LogP contribution in [0.3, 0.4) is 0 Å². The Morgan fingerprint density at radius 1 is 1.29 bits per heavy atom. The van der Waals surface area contributed by atoms with Crippen molar-refractivity contribution < 1.29 is 9.32 Å². The van der Waals surface area contributed by atoms with E-state index < -0.39 is 0 Å². The summed E-state index contributed by atoms with van der Waals surface area (Å²) in [7, 11) is 1.72. The Balaban J connectivity index is 2.09. The van der Waals surface area contributed by atoms with Gasteiger partial charge in [-0.3, -0.25) is 4.79 Å². The molecule has 7 heteroatoms. The number of nitrogens with one attached hydrogen (secondary N) is 2. The standard InChI is InChI=1S/C10H11N5O2/c1-6-3-8(15-17-6)14-10(16)7-4-13-9(11-2)5-12-7/h3-5H,1-2H3,(H,11,13)(H,14,15,16). The van der Waals surface area contributed by atoms with Crippen LogP contribution >= 0.6 is 0 Å². The minimum Gasteiger partial charge on any atom is -0.372 e. The Kier molecular flexibility index (Phi) is 2.99. The first-order valence-corrected chi connectivity index (χ1v) is 4.93. The van der Waals surface area contributed by atoms with Crippen LogP contribution in [0.2, 0.25) is 0 Å². The minimum absolute atomic E-state index is 0.213. The highest BCUT2D eigenvalue weighted by molar-refractivity contribution is 6.02. The van der Waals surface area contributed by atoms with E-state index in [2.05, 4.69) is 25.8 Å². The molecule has 0 aliphatic heterocycles. The number of aryl methyl sites for hydroxylation is 1. The molecule has 0 unspecified atom stereocenters. The van der Waals surface area contributed by atoms with Crippen LogP contribution in [0, 0.1) is 6.92 Å².